The van der Waals surface area contributed by atoms with E-state index in [1.807, 2.05) is 0 Å². The largest absolute Gasteiger partial charge is 0.508 e. The summed E-state index contributed by atoms with van der Waals surface area (Å²) in [6.45, 7) is 0.220. The summed E-state index contributed by atoms with van der Waals surface area (Å²) in [4.78, 5) is 23.2. The molecule has 5 heteroatoms. The van der Waals surface area contributed by atoms with Gasteiger partial charge in [-0.15, -0.1) is 0 Å². The molecular weight excluding hydrogens is 284 g/mol. The predicted octanol–water partition coefficient (Wildman–Crippen LogP) is 2.57. The number of phenolic OH excluding ortho intramolecular Hbond substituents is 1. The Kier molecular flexibility index (Phi) is 5.14. The monoisotopic (exact) mass is 300 g/mol. The van der Waals surface area contributed by atoms with Crippen LogP contribution in [0, 0.1) is 0 Å². The van der Waals surface area contributed by atoms with E-state index in [0.717, 1.165) is 0 Å². The molecule has 2 aromatic rings. The summed E-state index contributed by atoms with van der Waals surface area (Å²) >= 11 is 0. The van der Waals surface area contributed by atoms with Crippen molar-refractivity contribution < 1.29 is 24.2 Å². The van der Waals surface area contributed by atoms with Crippen molar-refractivity contribution >= 4 is 11.8 Å². The maximum atomic E-state index is 12.2. The first kappa shape index (κ1) is 15.6. The number of carbonyl (C=O) groups is 2. The molecule has 1 N–H and O–H groups in total. The molecule has 0 atom stereocenters. The van der Waals surface area contributed by atoms with Crippen molar-refractivity contribution in [2.24, 2.45) is 0 Å². The fourth-order valence-corrected chi connectivity index (χ4v) is 1.84. The van der Waals surface area contributed by atoms with Crippen LogP contribution in [0.4, 0.5) is 0 Å². The number of carbonyl (C=O) groups excluding carboxylic acids is 2. The van der Waals surface area contributed by atoms with Crippen molar-refractivity contribution in [3.05, 3.63) is 59.7 Å². The lowest BCUT2D eigenvalue weighted by Crippen LogP contribution is -2.07. The minimum absolute atomic E-state index is 0.117. The molecule has 0 unspecified atom stereocenters. The van der Waals surface area contributed by atoms with E-state index in [1.54, 1.807) is 36.4 Å². The fourth-order valence-electron chi connectivity index (χ4n) is 1.84. The molecule has 0 aliphatic heterocycles. The molecule has 0 saturated heterocycles. The highest BCUT2D eigenvalue weighted by Gasteiger charge is 2.09. The normalized spacial score (nSPS) is 10.0. The Hall–Kier alpha value is -2.82. The Morgan fingerprint density at radius 1 is 0.955 bits per heavy atom. The molecule has 5 nitrogen and oxygen atoms in total. The van der Waals surface area contributed by atoms with Crippen LogP contribution >= 0.6 is 0 Å². The molecule has 0 spiro atoms. The van der Waals surface area contributed by atoms with Crippen LogP contribution in [0.25, 0.3) is 0 Å². The number of hydrogen-bond acceptors (Lipinski definition) is 5. The van der Waals surface area contributed by atoms with Gasteiger partial charge in [0.15, 0.2) is 5.78 Å². The van der Waals surface area contributed by atoms with Gasteiger partial charge in [0.05, 0.1) is 20.1 Å². The van der Waals surface area contributed by atoms with Gasteiger partial charge in [-0.1, -0.05) is 0 Å². The van der Waals surface area contributed by atoms with E-state index in [-0.39, 0.29) is 30.5 Å². The molecule has 0 amide bonds. The Morgan fingerprint density at radius 2 is 1.50 bits per heavy atom. The zero-order valence-electron chi connectivity index (χ0n) is 12.1. The van der Waals surface area contributed by atoms with Crippen molar-refractivity contribution in [2.45, 2.75) is 6.42 Å². The summed E-state index contributed by atoms with van der Waals surface area (Å²) in [5, 5.41) is 9.22. The average Bonchev–Trinajstić information content (AvgIpc) is 2.55. The second kappa shape index (κ2) is 7.26. The topological polar surface area (TPSA) is 72.8 Å². The second-order valence-corrected chi connectivity index (χ2v) is 4.57. The zero-order valence-corrected chi connectivity index (χ0v) is 12.1. The number of methoxy groups -OCH3 is 1. The Balaban J connectivity index is 1.97. The van der Waals surface area contributed by atoms with E-state index in [9.17, 15) is 14.7 Å². The number of benzene rings is 2. The fraction of sp³-hybridized carbons (Fsp3) is 0.176. The Labute approximate surface area is 128 Å². The molecule has 2 rings (SSSR count). The standard InChI is InChI=1S/C17H16O5/c1-21-16(19)10-11-22-15-8-4-13(5-9-15)17(20)12-2-6-14(18)7-3-12/h2-9,18H,10-11H2,1H3. The molecule has 0 heterocycles. The quantitative estimate of drug-likeness (QED) is 0.655. The first-order chi connectivity index (χ1) is 10.6. The number of rotatable bonds is 6. The van der Waals surface area contributed by atoms with E-state index >= 15 is 0 Å². The lowest BCUT2D eigenvalue weighted by Gasteiger charge is -2.06. The lowest BCUT2D eigenvalue weighted by molar-refractivity contribution is -0.141. The molecule has 0 aliphatic carbocycles. The number of phenols is 1. The van der Waals surface area contributed by atoms with Crippen LogP contribution in [0.1, 0.15) is 22.3 Å². The van der Waals surface area contributed by atoms with Crippen LogP contribution in [0.15, 0.2) is 48.5 Å². The van der Waals surface area contributed by atoms with Crippen molar-refractivity contribution in [3.63, 3.8) is 0 Å². The molecule has 22 heavy (non-hydrogen) atoms. The van der Waals surface area contributed by atoms with Crippen LogP contribution < -0.4 is 4.74 Å². The molecule has 0 bridgehead atoms. The third-order valence-corrected chi connectivity index (χ3v) is 3.05. The third kappa shape index (κ3) is 4.09. The van der Waals surface area contributed by atoms with Crippen molar-refractivity contribution in [1.29, 1.82) is 0 Å². The number of ether oxygens (including phenoxy) is 2. The van der Waals surface area contributed by atoms with Crippen LogP contribution in [0.5, 0.6) is 11.5 Å². The van der Waals surface area contributed by atoms with E-state index in [4.69, 9.17) is 4.74 Å². The second-order valence-electron chi connectivity index (χ2n) is 4.57. The molecule has 0 aliphatic rings. The summed E-state index contributed by atoms with van der Waals surface area (Å²) in [6.07, 6.45) is 0.171. The summed E-state index contributed by atoms with van der Waals surface area (Å²) in [6, 6.07) is 12.7. The minimum Gasteiger partial charge on any atom is -0.508 e. The molecule has 0 saturated carbocycles. The van der Waals surface area contributed by atoms with Gasteiger partial charge in [0.2, 0.25) is 0 Å². The van der Waals surface area contributed by atoms with Crippen molar-refractivity contribution in [3.8, 4) is 11.5 Å². The third-order valence-electron chi connectivity index (χ3n) is 3.05. The predicted molar refractivity (Wildman–Crippen MR) is 80.1 cm³/mol. The molecule has 0 radical (unpaired) electrons. The Morgan fingerprint density at radius 3 is 2.05 bits per heavy atom. The molecule has 2 aromatic carbocycles. The summed E-state index contributed by atoms with van der Waals surface area (Å²) < 4.78 is 9.90. The van der Waals surface area contributed by atoms with Gasteiger partial charge in [-0.2, -0.15) is 0 Å². The Bertz CT molecular complexity index is 644. The summed E-state index contributed by atoms with van der Waals surface area (Å²) in [5.74, 6) is 0.220. The van der Waals surface area contributed by atoms with E-state index in [2.05, 4.69) is 4.74 Å². The maximum absolute atomic E-state index is 12.2. The van der Waals surface area contributed by atoms with E-state index in [0.29, 0.717) is 16.9 Å². The molecular formula is C17H16O5. The van der Waals surface area contributed by atoms with Crippen molar-refractivity contribution in [1.82, 2.24) is 0 Å². The minimum atomic E-state index is -0.334. The van der Waals surface area contributed by atoms with Gasteiger partial charge in [0.25, 0.3) is 0 Å². The average molecular weight is 300 g/mol. The molecule has 0 aromatic heterocycles. The van der Waals surface area contributed by atoms with Gasteiger partial charge in [0.1, 0.15) is 11.5 Å². The molecule has 0 fully saturated rings. The highest BCUT2D eigenvalue weighted by Crippen LogP contribution is 2.17. The summed E-state index contributed by atoms with van der Waals surface area (Å²) in [7, 11) is 1.33. The van der Waals surface area contributed by atoms with Gasteiger partial charge >= 0.3 is 5.97 Å². The highest BCUT2D eigenvalue weighted by molar-refractivity contribution is 6.09. The number of esters is 1. The van der Waals surface area contributed by atoms with Crippen LogP contribution in [-0.2, 0) is 9.53 Å². The highest BCUT2D eigenvalue weighted by atomic mass is 16.5. The van der Waals surface area contributed by atoms with Gasteiger partial charge in [-0.3, -0.25) is 9.59 Å². The lowest BCUT2D eigenvalue weighted by atomic mass is 10.0. The van der Waals surface area contributed by atoms with Crippen LogP contribution in [0.2, 0.25) is 0 Å². The number of aromatic hydroxyl groups is 1. The smallest absolute Gasteiger partial charge is 0.308 e. The van der Waals surface area contributed by atoms with Crippen LogP contribution in [0.3, 0.4) is 0 Å². The van der Waals surface area contributed by atoms with Gasteiger partial charge in [-0.05, 0) is 48.5 Å². The number of ketones is 1. The van der Waals surface area contributed by atoms with Crippen molar-refractivity contribution in [2.75, 3.05) is 13.7 Å². The number of hydrogen-bond donors (Lipinski definition) is 1. The molecule has 114 valence electrons. The van der Waals surface area contributed by atoms with E-state index in [1.165, 1.54) is 19.2 Å². The zero-order chi connectivity index (χ0) is 15.9. The van der Waals surface area contributed by atoms with Gasteiger partial charge in [0, 0.05) is 11.1 Å². The first-order valence-corrected chi connectivity index (χ1v) is 6.73. The SMILES string of the molecule is COC(=O)CCOc1ccc(C(=O)c2ccc(O)cc2)cc1. The van der Waals surface area contributed by atoms with Gasteiger partial charge in [-0.25, -0.2) is 0 Å². The van der Waals surface area contributed by atoms with E-state index < -0.39 is 0 Å². The summed E-state index contributed by atoms with van der Waals surface area (Å²) in [5.41, 5.74) is 1.02. The van der Waals surface area contributed by atoms with Gasteiger partial charge < -0.3 is 14.6 Å². The van der Waals surface area contributed by atoms with Crippen LogP contribution in [-0.4, -0.2) is 30.6 Å². The first-order valence-electron chi connectivity index (χ1n) is 6.73. The maximum Gasteiger partial charge on any atom is 0.308 e.